The molecule has 0 spiro atoms. The van der Waals surface area contributed by atoms with Gasteiger partial charge in [0.15, 0.2) is 0 Å². The third-order valence-corrected chi connectivity index (χ3v) is 2.09. The summed E-state index contributed by atoms with van der Waals surface area (Å²) >= 11 is 0. The van der Waals surface area contributed by atoms with Crippen LogP contribution in [0.15, 0.2) is 41.1 Å². The summed E-state index contributed by atoms with van der Waals surface area (Å²) in [6.45, 7) is 1.69. The van der Waals surface area contributed by atoms with Gasteiger partial charge in [-0.05, 0) is 6.92 Å². The van der Waals surface area contributed by atoms with Crippen LogP contribution >= 0.6 is 0 Å². The van der Waals surface area contributed by atoms with E-state index in [0.29, 0.717) is 5.69 Å². The van der Waals surface area contributed by atoms with Crippen molar-refractivity contribution in [1.82, 2.24) is 5.16 Å². The van der Waals surface area contributed by atoms with Gasteiger partial charge in [0.25, 0.3) is 0 Å². The van der Waals surface area contributed by atoms with Crippen LogP contribution in [-0.4, -0.2) is 10.3 Å². The molecule has 3 heteroatoms. The van der Waals surface area contributed by atoms with E-state index in [1.807, 2.05) is 30.3 Å². The first kappa shape index (κ1) is 8.97. The van der Waals surface area contributed by atoms with E-state index in [9.17, 15) is 5.11 Å². The van der Waals surface area contributed by atoms with E-state index in [-0.39, 0.29) is 0 Å². The zero-order valence-corrected chi connectivity index (χ0v) is 7.84. The average Bonchev–Trinajstić information content (AvgIpc) is 2.67. The molecule has 1 heterocycles. The average molecular weight is 189 g/mol. The maximum absolute atomic E-state index is 9.45. The Hall–Kier alpha value is -1.61. The smallest absolute Gasteiger partial charge is 0.130 e. The van der Waals surface area contributed by atoms with Gasteiger partial charge in [-0.3, -0.25) is 0 Å². The summed E-state index contributed by atoms with van der Waals surface area (Å²) in [5, 5.41) is 13.3. The highest BCUT2D eigenvalue weighted by atomic mass is 16.5. The van der Waals surface area contributed by atoms with Crippen molar-refractivity contribution in [2.24, 2.45) is 0 Å². The lowest BCUT2D eigenvalue weighted by Gasteiger charge is -2.02. The third-order valence-electron chi connectivity index (χ3n) is 2.09. The van der Waals surface area contributed by atoms with Crippen molar-refractivity contribution in [3.63, 3.8) is 0 Å². The van der Waals surface area contributed by atoms with Gasteiger partial charge in [0.1, 0.15) is 12.0 Å². The number of benzene rings is 1. The van der Waals surface area contributed by atoms with E-state index in [1.54, 1.807) is 6.92 Å². The van der Waals surface area contributed by atoms with Gasteiger partial charge in [-0.15, -0.1) is 0 Å². The predicted molar refractivity (Wildman–Crippen MR) is 52.6 cm³/mol. The Morgan fingerprint density at radius 1 is 1.29 bits per heavy atom. The standard InChI is InChI=1S/C11H11NO2/c1-8(13)10-7-14-12-11(10)9-5-3-2-4-6-9/h2-8,13H,1H3. The summed E-state index contributed by atoms with van der Waals surface area (Å²) in [6, 6.07) is 9.66. The van der Waals surface area contributed by atoms with Crippen molar-refractivity contribution in [3.8, 4) is 11.3 Å². The molecule has 1 aromatic carbocycles. The highest BCUT2D eigenvalue weighted by Crippen LogP contribution is 2.26. The van der Waals surface area contributed by atoms with Crippen LogP contribution in [0.4, 0.5) is 0 Å². The number of nitrogens with zero attached hydrogens (tertiary/aromatic N) is 1. The summed E-state index contributed by atoms with van der Waals surface area (Å²) in [6.07, 6.45) is 0.920. The molecule has 0 saturated heterocycles. The summed E-state index contributed by atoms with van der Waals surface area (Å²) in [5.74, 6) is 0. The molecule has 0 saturated carbocycles. The van der Waals surface area contributed by atoms with E-state index in [2.05, 4.69) is 5.16 Å². The zero-order chi connectivity index (χ0) is 9.97. The van der Waals surface area contributed by atoms with Gasteiger partial charge < -0.3 is 9.63 Å². The molecule has 0 aliphatic rings. The molecule has 2 aromatic rings. The lowest BCUT2D eigenvalue weighted by molar-refractivity contribution is 0.198. The van der Waals surface area contributed by atoms with Crippen LogP contribution in [0.25, 0.3) is 11.3 Å². The van der Waals surface area contributed by atoms with Crippen LogP contribution in [0.5, 0.6) is 0 Å². The lowest BCUT2D eigenvalue weighted by Crippen LogP contribution is -1.91. The topological polar surface area (TPSA) is 46.3 Å². The monoisotopic (exact) mass is 189 g/mol. The molecule has 3 nitrogen and oxygen atoms in total. The molecule has 1 N–H and O–H groups in total. The van der Waals surface area contributed by atoms with Gasteiger partial charge in [-0.1, -0.05) is 35.5 Å². The second-order valence-electron chi connectivity index (χ2n) is 3.16. The van der Waals surface area contributed by atoms with Crippen molar-refractivity contribution in [3.05, 3.63) is 42.2 Å². The molecular weight excluding hydrogens is 178 g/mol. The number of hydrogen-bond acceptors (Lipinski definition) is 3. The molecule has 0 aliphatic heterocycles. The van der Waals surface area contributed by atoms with Crippen molar-refractivity contribution < 1.29 is 9.63 Å². The van der Waals surface area contributed by atoms with E-state index < -0.39 is 6.10 Å². The first-order chi connectivity index (χ1) is 6.79. The molecule has 14 heavy (non-hydrogen) atoms. The zero-order valence-electron chi connectivity index (χ0n) is 7.84. The first-order valence-corrected chi connectivity index (χ1v) is 4.47. The summed E-state index contributed by atoms with van der Waals surface area (Å²) in [4.78, 5) is 0. The molecule has 72 valence electrons. The van der Waals surface area contributed by atoms with E-state index >= 15 is 0 Å². The highest BCUT2D eigenvalue weighted by molar-refractivity contribution is 5.62. The molecule has 1 unspecified atom stereocenters. The Kier molecular flexibility index (Phi) is 2.33. The normalized spacial score (nSPS) is 12.7. The molecule has 1 atom stereocenters. The molecule has 0 amide bonds. The minimum Gasteiger partial charge on any atom is -0.389 e. The van der Waals surface area contributed by atoms with Crippen molar-refractivity contribution in [2.75, 3.05) is 0 Å². The van der Waals surface area contributed by atoms with Crippen molar-refractivity contribution >= 4 is 0 Å². The van der Waals surface area contributed by atoms with Crippen molar-refractivity contribution in [2.45, 2.75) is 13.0 Å². The molecule has 1 aromatic heterocycles. The van der Waals surface area contributed by atoms with Crippen LogP contribution in [0.2, 0.25) is 0 Å². The van der Waals surface area contributed by atoms with Crippen LogP contribution in [0.3, 0.4) is 0 Å². The van der Waals surface area contributed by atoms with Gasteiger partial charge in [-0.25, -0.2) is 0 Å². The van der Waals surface area contributed by atoms with Gasteiger partial charge in [0.2, 0.25) is 0 Å². The number of rotatable bonds is 2. The quantitative estimate of drug-likeness (QED) is 0.789. The Bertz CT molecular complexity index is 406. The maximum Gasteiger partial charge on any atom is 0.130 e. The molecule has 2 rings (SSSR count). The van der Waals surface area contributed by atoms with Gasteiger partial charge in [0, 0.05) is 11.1 Å². The van der Waals surface area contributed by atoms with Gasteiger partial charge in [-0.2, -0.15) is 0 Å². The van der Waals surface area contributed by atoms with Gasteiger partial charge in [0.05, 0.1) is 6.10 Å². The lowest BCUT2D eigenvalue weighted by atomic mass is 10.1. The number of aliphatic hydroxyl groups excluding tert-OH is 1. The Balaban J connectivity index is 2.47. The van der Waals surface area contributed by atoms with E-state index in [4.69, 9.17) is 4.52 Å². The number of aliphatic hydroxyl groups is 1. The van der Waals surface area contributed by atoms with E-state index in [1.165, 1.54) is 6.26 Å². The molecule has 0 radical (unpaired) electrons. The second-order valence-corrected chi connectivity index (χ2v) is 3.16. The molecule has 0 aliphatic carbocycles. The van der Waals surface area contributed by atoms with Crippen molar-refractivity contribution in [1.29, 1.82) is 0 Å². The summed E-state index contributed by atoms with van der Waals surface area (Å²) < 4.78 is 4.85. The Morgan fingerprint density at radius 3 is 2.64 bits per heavy atom. The Morgan fingerprint density at radius 2 is 2.00 bits per heavy atom. The first-order valence-electron chi connectivity index (χ1n) is 4.47. The number of hydrogen-bond donors (Lipinski definition) is 1. The van der Waals surface area contributed by atoms with Crippen LogP contribution in [-0.2, 0) is 0 Å². The molecule has 0 bridgehead atoms. The minimum atomic E-state index is -0.559. The fourth-order valence-corrected chi connectivity index (χ4v) is 1.36. The molecule has 0 fully saturated rings. The fourth-order valence-electron chi connectivity index (χ4n) is 1.36. The third kappa shape index (κ3) is 1.54. The SMILES string of the molecule is CC(O)c1conc1-c1ccccc1. The van der Waals surface area contributed by atoms with Crippen LogP contribution in [0.1, 0.15) is 18.6 Å². The predicted octanol–water partition coefficient (Wildman–Crippen LogP) is 2.39. The Labute approximate surface area is 82.0 Å². The largest absolute Gasteiger partial charge is 0.389 e. The van der Waals surface area contributed by atoms with Crippen LogP contribution in [0, 0.1) is 0 Å². The summed E-state index contributed by atoms with van der Waals surface area (Å²) in [5.41, 5.74) is 2.38. The second kappa shape index (κ2) is 3.64. The van der Waals surface area contributed by atoms with Crippen LogP contribution < -0.4 is 0 Å². The number of aromatic nitrogens is 1. The highest BCUT2D eigenvalue weighted by Gasteiger charge is 2.13. The fraction of sp³-hybridized carbons (Fsp3) is 0.182. The molecular formula is C11H11NO2. The summed E-state index contributed by atoms with van der Waals surface area (Å²) in [7, 11) is 0. The maximum atomic E-state index is 9.45. The van der Waals surface area contributed by atoms with Gasteiger partial charge >= 0.3 is 0 Å². The minimum absolute atomic E-state index is 0.559. The van der Waals surface area contributed by atoms with E-state index in [0.717, 1.165) is 11.1 Å².